The maximum atomic E-state index is 11.6. The van der Waals surface area contributed by atoms with Crippen molar-refractivity contribution < 1.29 is 8.42 Å². The van der Waals surface area contributed by atoms with Crippen molar-refractivity contribution in [3.63, 3.8) is 0 Å². The lowest BCUT2D eigenvalue weighted by Gasteiger charge is -2.07. The number of halogens is 2. The van der Waals surface area contributed by atoms with E-state index in [9.17, 15) is 8.42 Å². The summed E-state index contributed by atoms with van der Waals surface area (Å²) in [5, 5.41) is 9.15. The fourth-order valence-electron chi connectivity index (χ4n) is 2.35. The zero-order valence-electron chi connectivity index (χ0n) is 12.2. The van der Waals surface area contributed by atoms with Gasteiger partial charge in [0, 0.05) is 17.2 Å². The maximum absolute atomic E-state index is 11.6. The molecule has 116 valence electrons. The third-order valence-electron chi connectivity index (χ3n) is 3.31. The van der Waals surface area contributed by atoms with Gasteiger partial charge in [-0.25, -0.2) is 8.42 Å². The second-order valence-electron chi connectivity index (χ2n) is 4.76. The molecule has 0 aliphatic rings. The van der Waals surface area contributed by atoms with Crippen LogP contribution in [0.5, 0.6) is 0 Å². The lowest BCUT2D eigenvalue weighted by atomic mass is 10.3. The van der Waals surface area contributed by atoms with Crippen LogP contribution < -0.4 is 0 Å². The van der Waals surface area contributed by atoms with E-state index in [0.29, 0.717) is 29.5 Å². The quantitative estimate of drug-likeness (QED) is 0.794. The van der Waals surface area contributed by atoms with Crippen molar-refractivity contribution in [3.8, 4) is 0 Å². The molecule has 2 rings (SSSR count). The Morgan fingerprint density at radius 3 is 2.14 bits per heavy atom. The van der Waals surface area contributed by atoms with Crippen LogP contribution in [0.15, 0.2) is 4.90 Å². The summed E-state index contributed by atoms with van der Waals surface area (Å²) in [4.78, 5) is 0.0552. The fraction of sp³-hybridized carbons (Fsp3) is 0.500. The van der Waals surface area contributed by atoms with Crippen LogP contribution >= 0.6 is 22.3 Å². The topological polar surface area (TPSA) is 69.8 Å². The van der Waals surface area contributed by atoms with Gasteiger partial charge < -0.3 is 0 Å². The third-order valence-corrected chi connectivity index (χ3v) is 5.34. The van der Waals surface area contributed by atoms with Crippen LogP contribution in [0.2, 0.25) is 5.02 Å². The number of rotatable bonds is 4. The van der Waals surface area contributed by atoms with Gasteiger partial charge in [-0.05, 0) is 27.7 Å². The van der Waals surface area contributed by atoms with Gasteiger partial charge in [0.15, 0.2) is 0 Å². The molecular weight excluding hydrogens is 335 g/mol. The first-order valence-corrected chi connectivity index (χ1v) is 9.06. The van der Waals surface area contributed by atoms with Crippen molar-refractivity contribution in [2.24, 2.45) is 0 Å². The number of hydrogen-bond donors (Lipinski definition) is 0. The molecule has 2 aromatic heterocycles. The summed E-state index contributed by atoms with van der Waals surface area (Å²) in [6.45, 7) is 8.08. The number of aryl methyl sites for hydroxylation is 3. The summed E-state index contributed by atoms with van der Waals surface area (Å²) in [6, 6.07) is 0. The van der Waals surface area contributed by atoms with E-state index >= 15 is 0 Å². The first-order valence-electron chi connectivity index (χ1n) is 6.37. The van der Waals surface area contributed by atoms with Crippen LogP contribution in [-0.2, 0) is 22.1 Å². The summed E-state index contributed by atoms with van der Waals surface area (Å²) in [7, 11) is 1.63. The molecule has 0 fully saturated rings. The maximum Gasteiger partial charge on any atom is 0.264 e. The van der Waals surface area contributed by atoms with Crippen LogP contribution in [0.3, 0.4) is 0 Å². The van der Waals surface area contributed by atoms with Crippen molar-refractivity contribution in [3.05, 3.63) is 27.8 Å². The Morgan fingerprint density at radius 1 is 1.10 bits per heavy atom. The minimum absolute atomic E-state index is 0.0552. The van der Waals surface area contributed by atoms with Crippen LogP contribution in [-0.4, -0.2) is 28.0 Å². The normalized spacial score (nSPS) is 12.1. The highest BCUT2D eigenvalue weighted by molar-refractivity contribution is 8.13. The van der Waals surface area contributed by atoms with E-state index in [-0.39, 0.29) is 4.90 Å². The van der Waals surface area contributed by atoms with Crippen molar-refractivity contribution in [2.45, 2.75) is 45.7 Å². The van der Waals surface area contributed by atoms with Gasteiger partial charge in [-0.1, -0.05) is 11.6 Å². The van der Waals surface area contributed by atoms with Gasteiger partial charge in [0.2, 0.25) is 0 Å². The summed E-state index contributed by atoms with van der Waals surface area (Å²) in [5.74, 6) is 0. The van der Waals surface area contributed by atoms with E-state index in [0.717, 1.165) is 11.4 Å². The highest BCUT2D eigenvalue weighted by atomic mass is 35.7. The Hall–Kier alpha value is -1.05. The average molecular weight is 351 g/mol. The van der Waals surface area contributed by atoms with Gasteiger partial charge in [0.05, 0.1) is 34.3 Å². The van der Waals surface area contributed by atoms with Crippen molar-refractivity contribution in [1.82, 2.24) is 19.6 Å². The molecule has 0 saturated carbocycles. The van der Waals surface area contributed by atoms with Crippen molar-refractivity contribution in [2.75, 3.05) is 0 Å². The van der Waals surface area contributed by atoms with Gasteiger partial charge in [0.1, 0.15) is 4.90 Å². The molecule has 0 aliphatic carbocycles. The van der Waals surface area contributed by atoms with E-state index in [1.54, 1.807) is 23.2 Å². The minimum Gasteiger partial charge on any atom is -0.266 e. The fourth-order valence-corrected chi connectivity index (χ4v) is 4.07. The van der Waals surface area contributed by atoms with Gasteiger partial charge >= 0.3 is 0 Å². The first kappa shape index (κ1) is 16.3. The lowest BCUT2D eigenvalue weighted by molar-refractivity contribution is 0.565. The predicted octanol–water partition coefficient (Wildman–Crippen LogP) is 2.65. The summed E-state index contributed by atoms with van der Waals surface area (Å²) in [5.41, 5.74) is 2.39. The van der Waals surface area contributed by atoms with Gasteiger partial charge in [-0.3, -0.25) is 9.36 Å². The molecule has 9 heteroatoms. The van der Waals surface area contributed by atoms with E-state index in [4.69, 9.17) is 22.3 Å². The Bertz CT molecular complexity index is 793. The van der Waals surface area contributed by atoms with Gasteiger partial charge in [-0.15, -0.1) is 0 Å². The number of nitrogens with zero attached hydrogens (tertiary/aromatic N) is 4. The predicted molar refractivity (Wildman–Crippen MR) is 81.5 cm³/mol. The monoisotopic (exact) mass is 350 g/mol. The van der Waals surface area contributed by atoms with Crippen molar-refractivity contribution in [1.29, 1.82) is 0 Å². The average Bonchev–Trinajstić information content (AvgIpc) is 2.80. The standard InChI is InChI=1S/C12H16Cl2N4O2S/c1-5-17-10(11(13)7(2)15-17)6-18-9(4)12(8(3)16-18)21(14,19)20/h5-6H2,1-4H3. The minimum atomic E-state index is -3.82. The van der Waals surface area contributed by atoms with Crippen LogP contribution in [0.4, 0.5) is 0 Å². The Labute approximate surface area is 133 Å². The van der Waals surface area contributed by atoms with Crippen LogP contribution in [0.25, 0.3) is 0 Å². The SMILES string of the molecule is CCn1nc(C)c(Cl)c1Cn1nc(C)c(S(=O)(=O)Cl)c1C. The molecule has 0 N–H and O–H groups in total. The van der Waals surface area contributed by atoms with E-state index < -0.39 is 9.05 Å². The molecule has 0 unspecified atom stereocenters. The Morgan fingerprint density at radius 2 is 1.67 bits per heavy atom. The van der Waals surface area contributed by atoms with E-state index in [1.807, 2.05) is 13.8 Å². The molecule has 2 aromatic rings. The summed E-state index contributed by atoms with van der Waals surface area (Å²) in [6.07, 6.45) is 0. The molecule has 2 heterocycles. The Kier molecular flexibility index (Phi) is 4.37. The largest absolute Gasteiger partial charge is 0.266 e. The van der Waals surface area contributed by atoms with Gasteiger partial charge in [-0.2, -0.15) is 10.2 Å². The zero-order chi connectivity index (χ0) is 15.9. The summed E-state index contributed by atoms with van der Waals surface area (Å²) < 4.78 is 26.6. The molecule has 0 radical (unpaired) electrons. The molecule has 0 bridgehead atoms. The number of hydrogen-bond acceptors (Lipinski definition) is 4. The van der Waals surface area contributed by atoms with Crippen LogP contribution in [0, 0.1) is 20.8 Å². The second-order valence-corrected chi connectivity index (χ2v) is 7.64. The molecule has 6 nitrogen and oxygen atoms in total. The molecule has 0 aliphatic heterocycles. The smallest absolute Gasteiger partial charge is 0.264 e. The van der Waals surface area contributed by atoms with Crippen LogP contribution in [0.1, 0.15) is 29.7 Å². The molecule has 0 saturated heterocycles. The Balaban J connectivity index is 2.52. The number of aromatic nitrogens is 4. The van der Waals surface area contributed by atoms with Gasteiger partial charge in [0.25, 0.3) is 9.05 Å². The molecule has 0 aromatic carbocycles. The van der Waals surface area contributed by atoms with E-state index in [2.05, 4.69) is 10.2 Å². The summed E-state index contributed by atoms with van der Waals surface area (Å²) >= 11 is 6.26. The first-order chi connectivity index (χ1) is 9.66. The van der Waals surface area contributed by atoms with Crippen molar-refractivity contribution >= 4 is 31.3 Å². The van der Waals surface area contributed by atoms with E-state index in [1.165, 1.54) is 0 Å². The third kappa shape index (κ3) is 2.95. The molecular formula is C12H16Cl2N4O2S. The highest BCUT2D eigenvalue weighted by Crippen LogP contribution is 2.26. The highest BCUT2D eigenvalue weighted by Gasteiger charge is 2.23. The lowest BCUT2D eigenvalue weighted by Crippen LogP contribution is -2.11. The molecule has 21 heavy (non-hydrogen) atoms. The second kappa shape index (κ2) is 5.62. The zero-order valence-corrected chi connectivity index (χ0v) is 14.5. The molecule has 0 atom stereocenters. The molecule has 0 amide bonds. The molecule has 0 spiro atoms.